The second kappa shape index (κ2) is 11.3. The summed E-state index contributed by atoms with van der Waals surface area (Å²) < 4.78 is 1.75. The van der Waals surface area contributed by atoms with Crippen molar-refractivity contribution in [2.45, 2.75) is 32.7 Å². The van der Waals surface area contributed by atoms with E-state index in [9.17, 15) is 0 Å². The summed E-state index contributed by atoms with van der Waals surface area (Å²) in [6.45, 7) is 9.80. The number of anilines is 1. The van der Waals surface area contributed by atoms with E-state index in [4.69, 9.17) is 4.99 Å². The lowest BCUT2D eigenvalue weighted by Crippen LogP contribution is -2.41. The van der Waals surface area contributed by atoms with Crippen molar-refractivity contribution in [3.8, 4) is 0 Å². The fourth-order valence-electron chi connectivity index (χ4n) is 3.52. The zero-order chi connectivity index (χ0) is 19.1. The van der Waals surface area contributed by atoms with Crippen LogP contribution in [0.5, 0.6) is 0 Å². The highest BCUT2D eigenvalue weighted by Crippen LogP contribution is 2.17. The molecule has 1 saturated heterocycles. The second-order valence-corrected chi connectivity index (χ2v) is 6.73. The van der Waals surface area contributed by atoms with Gasteiger partial charge in [0.2, 0.25) is 0 Å². The molecule has 0 aromatic carbocycles. The van der Waals surface area contributed by atoms with E-state index in [1.807, 2.05) is 7.05 Å². The van der Waals surface area contributed by atoms with Gasteiger partial charge >= 0.3 is 0 Å². The molecule has 1 unspecified atom stereocenters. The fraction of sp³-hybridized carbons (Fsp3) is 0.667. The quantitative estimate of drug-likeness (QED) is 0.218. The molecule has 0 aliphatic carbocycles. The van der Waals surface area contributed by atoms with Crippen molar-refractivity contribution < 1.29 is 0 Å². The van der Waals surface area contributed by atoms with E-state index in [1.54, 1.807) is 17.2 Å². The number of guanidine groups is 1. The largest absolute Gasteiger partial charge is 0.368 e. The van der Waals surface area contributed by atoms with Gasteiger partial charge in [-0.1, -0.05) is 6.92 Å². The standard InChI is InChI=1S/C18H31N9.HI/c1-4-19-18(22-11-14-7-6-10-27(14)5-2)21-9-8-20-16-15-12-25-26(3)17(15)24-13-23-16;/h12-14H,4-11H2,1-3H3,(H2,19,21,22)(H,20,23,24);1H. The smallest absolute Gasteiger partial charge is 0.191 e. The molecular weight excluding hydrogens is 469 g/mol. The molecule has 2 aromatic rings. The van der Waals surface area contributed by atoms with Crippen LogP contribution in [0.25, 0.3) is 11.0 Å². The van der Waals surface area contributed by atoms with Gasteiger partial charge in [0, 0.05) is 32.7 Å². The summed E-state index contributed by atoms with van der Waals surface area (Å²) in [6, 6.07) is 0.573. The molecule has 9 nitrogen and oxygen atoms in total. The molecule has 2 aromatic heterocycles. The van der Waals surface area contributed by atoms with Crippen LogP contribution in [0.15, 0.2) is 17.5 Å². The molecule has 1 aliphatic heterocycles. The molecule has 0 radical (unpaired) electrons. The normalized spacial score (nSPS) is 17.5. The number of hydrogen-bond donors (Lipinski definition) is 3. The Morgan fingerprint density at radius 2 is 2.11 bits per heavy atom. The second-order valence-electron chi connectivity index (χ2n) is 6.73. The van der Waals surface area contributed by atoms with Crippen LogP contribution in [-0.2, 0) is 7.05 Å². The van der Waals surface area contributed by atoms with Gasteiger partial charge in [0.15, 0.2) is 11.6 Å². The molecular formula is C18H32IN9. The molecule has 1 atom stereocenters. The van der Waals surface area contributed by atoms with Crippen LogP contribution >= 0.6 is 24.0 Å². The van der Waals surface area contributed by atoms with Crippen molar-refractivity contribution >= 4 is 46.8 Å². The Kier molecular flexibility index (Phi) is 9.16. The topological polar surface area (TPSA) is 95.3 Å². The van der Waals surface area contributed by atoms with E-state index in [0.717, 1.165) is 55.5 Å². The Morgan fingerprint density at radius 1 is 1.25 bits per heavy atom. The predicted octanol–water partition coefficient (Wildman–Crippen LogP) is 1.43. The average molecular weight is 501 g/mol. The average Bonchev–Trinajstić information content (AvgIpc) is 3.30. The van der Waals surface area contributed by atoms with E-state index >= 15 is 0 Å². The van der Waals surface area contributed by atoms with E-state index in [2.05, 4.69) is 49.8 Å². The summed E-state index contributed by atoms with van der Waals surface area (Å²) in [5.41, 5.74) is 0.826. The predicted molar refractivity (Wildman–Crippen MR) is 124 cm³/mol. The van der Waals surface area contributed by atoms with E-state index < -0.39 is 0 Å². The van der Waals surface area contributed by atoms with Crippen LogP contribution in [-0.4, -0.2) is 75.9 Å². The van der Waals surface area contributed by atoms with Crippen molar-refractivity contribution in [2.75, 3.05) is 44.6 Å². The molecule has 3 heterocycles. The third-order valence-corrected chi connectivity index (χ3v) is 4.95. The van der Waals surface area contributed by atoms with E-state index in [-0.39, 0.29) is 24.0 Å². The number of rotatable bonds is 8. The van der Waals surface area contributed by atoms with Gasteiger partial charge in [-0.05, 0) is 32.9 Å². The number of nitrogens with one attached hydrogen (secondary N) is 3. The minimum atomic E-state index is 0. The van der Waals surface area contributed by atoms with Crippen LogP contribution in [0.1, 0.15) is 26.7 Å². The Hall–Kier alpha value is -1.69. The lowest BCUT2D eigenvalue weighted by atomic mass is 10.2. The zero-order valence-electron chi connectivity index (χ0n) is 17.0. The maximum Gasteiger partial charge on any atom is 0.191 e. The Labute approximate surface area is 183 Å². The first kappa shape index (κ1) is 22.6. The van der Waals surface area contributed by atoms with Gasteiger partial charge in [-0.3, -0.25) is 14.6 Å². The number of fused-ring (bicyclic) bond motifs is 1. The van der Waals surface area contributed by atoms with Crippen molar-refractivity contribution in [2.24, 2.45) is 12.0 Å². The Morgan fingerprint density at radius 3 is 2.89 bits per heavy atom. The van der Waals surface area contributed by atoms with Gasteiger partial charge < -0.3 is 16.0 Å². The third-order valence-electron chi connectivity index (χ3n) is 4.95. The number of aliphatic imine (C=N–C) groups is 1. The number of aryl methyl sites for hydroxylation is 1. The molecule has 1 fully saturated rings. The Balaban J connectivity index is 0.00000280. The molecule has 156 valence electrons. The van der Waals surface area contributed by atoms with Gasteiger partial charge in [-0.2, -0.15) is 5.10 Å². The van der Waals surface area contributed by atoms with E-state index in [1.165, 1.54) is 19.4 Å². The number of likely N-dealkylation sites (N-methyl/N-ethyl adjacent to an activating group) is 1. The first-order valence-corrected chi connectivity index (χ1v) is 9.85. The SMILES string of the molecule is CCNC(=NCC1CCCN1CC)NCCNc1ncnc2c1cnn2C.I. The van der Waals surface area contributed by atoms with Gasteiger partial charge in [-0.15, -0.1) is 24.0 Å². The lowest BCUT2D eigenvalue weighted by molar-refractivity contribution is 0.273. The van der Waals surface area contributed by atoms with Crippen LogP contribution in [0.2, 0.25) is 0 Å². The summed E-state index contributed by atoms with van der Waals surface area (Å²) in [4.78, 5) is 15.9. The van der Waals surface area contributed by atoms with E-state index in [0.29, 0.717) is 6.04 Å². The minimum Gasteiger partial charge on any atom is -0.368 e. The molecule has 0 bridgehead atoms. The highest BCUT2D eigenvalue weighted by atomic mass is 127. The molecule has 0 saturated carbocycles. The summed E-state index contributed by atoms with van der Waals surface area (Å²) in [6.07, 6.45) is 5.88. The molecule has 3 rings (SSSR count). The number of likely N-dealkylation sites (tertiary alicyclic amines) is 1. The van der Waals surface area contributed by atoms with Gasteiger partial charge in [0.05, 0.1) is 18.1 Å². The summed E-state index contributed by atoms with van der Waals surface area (Å²) in [7, 11) is 1.88. The van der Waals surface area contributed by atoms with Crippen molar-refractivity contribution in [3.63, 3.8) is 0 Å². The molecule has 3 N–H and O–H groups in total. The zero-order valence-corrected chi connectivity index (χ0v) is 19.3. The first-order chi connectivity index (χ1) is 13.2. The Bertz CT molecular complexity index is 761. The van der Waals surface area contributed by atoms with Gasteiger partial charge in [-0.25, -0.2) is 9.97 Å². The van der Waals surface area contributed by atoms with Crippen LogP contribution in [0, 0.1) is 0 Å². The number of halogens is 1. The summed E-state index contributed by atoms with van der Waals surface area (Å²) in [5, 5.41) is 15.2. The van der Waals surface area contributed by atoms with Crippen molar-refractivity contribution in [3.05, 3.63) is 12.5 Å². The number of aromatic nitrogens is 4. The molecule has 28 heavy (non-hydrogen) atoms. The minimum absolute atomic E-state index is 0. The molecule has 10 heteroatoms. The van der Waals surface area contributed by atoms with Crippen molar-refractivity contribution in [1.29, 1.82) is 0 Å². The van der Waals surface area contributed by atoms with Crippen LogP contribution in [0.3, 0.4) is 0 Å². The molecule has 1 aliphatic rings. The lowest BCUT2D eigenvalue weighted by Gasteiger charge is -2.21. The number of hydrogen-bond acceptors (Lipinski definition) is 6. The van der Waals surface area contributed by atoms with Crippen LogP contribution < -0.4 is 16.0 Å². The third kappa shape index (κ3) is 5.66. The first-order valence-electron chi connectivity index (χ1n) is 9.85. The van der Waals surface area contributed by atoms with Gasteiger partial charge in [0.25, 0.3) is 0 Å². The molecule has 0 amide bonds. The maximum absolute atomic E-state index is 4.78. The number of nitrogens with zero attached hydrogens (tertiary/aromatic N) is 6. The summed E-state index contributed by atoms with van der Waals surface area (Å²) >= 11 is 0. The maximum atomic E-state index is 4.78. The molecule has 0 spiro atoms. The van der Waals surface area contributed by atoms with Crippen LogP contribution in [0.4, 0.5) is 5.82 Å². The van der Waals surface area contributed by atoms with Crippen molar-refractivity contribution in [1.82, 2.24) is 35.3 Å². The van der Waals surface area contributed by atoms with Gasteiger partial charge in [0.1, 0.15) is 12.1 Å². The highest BCUT2D eigenvalue weighted by molar-refractivity contribution is 14.0. The fourth-order valence-corrected chi connectivity index (χ4v) is 3.52. The monoisotopic (exact) mass is 501 g/mol. The highest BCUT2D eigenvalue weighted by Gasteiger charge is 2.22. The summed E-state index contributed by atoms with van der Waals surface area (Å²) in [5.74, 6) is 1.68.